The third-order valence-electron chi connectivity index (χ3n) is 2.31. The van der Waals surface area contributed by atoms with E-state index in [9.17, 15) is 4.79 Å². The maximum atomic E-state index is 12.0. The van der Waals surface area contributed by atoms with Crippen LogP contribution in [0.1, 0.15) is 17.3 Å². The Morgan fingerprint density at radius 1 is 1.44 bits per heavy atom. The number of hydrogen-bond acceptors (Lipinski definition) is 3. The highest BCUT2D eigenvalue weighted by Gasteiger charge is 2.13. The van der Waals surface area contributed by atoms with Gasteiger partial charge in [-0.1, -0.05) is 12.1 Å². The number of rotatable bonds is 5. The Balaban J connectivity index is 2.60. The van der Waals surface area contributed by atoms with E-state index in [-0.39, 0.29) is 5.91 Å². The molecule has 1 aromatic rings. The Morgan fingerprint density at radius 2 is 2.12 bits per heavy atom. The number of nitrogens with two attached hydrogens (primary N) is 1. The van der Waals surface area contributed by atoms with E-state index in [1.165, 1.54) is 0 Å². The van der Waals surface area contributed by atoms with E-state index in [0.29, 0.717) is 31.0 Å². The normalized spacial score (nSPS) is 10.1. The molecule has 2 N–H and O–H groups in total. The van der Waals surface area contributed by atoms with E-state index in [4.69, 9.17) is 10.5 Å². The van der Waals surface area contributed by atoms with Crippen molar-refractivity contribution in [2.75, 3.05) is 32.5 Å². The highest BCUT2D eigenvalue weighted by atomic mass is 16.5. The lowest BCUT2D eigenvalue weighted by molar-refractivity contribution is 0.0711. The highest BCUT2D eigenvalue weighted by molar-refractivity contribution is 5.98. The first-order valence-electron chi connectivity index (χ1n) is 5.34. The van der Waals surface area contributed by atoms with Crippen LogP contribution >= 0.6 is 0 Å². The van der Waals surface area contributed by atoms with Crippen LogP contribution in [0.25, 0.3) is 0 Å². The minimum atomic E-state index is -0.0715. The number of carbonyl (C=O) groups is 1. The summed E-state index contributed by atoms with van der Waals surface area (Å²) < 4.78 is 5.20. The van der Waals surface area contributed by atoms with Gasteiger partial charge in [0.1, 0.15) is 0 Å². The van der Waals surface area contributed by atoms with Crippen molar-refractivity contribution in [3.8, 4) is 0 Å². The maximum absolute atomic E-state index is 12.0. The van der Waals surface area contributed by atoms with Gasteiger partial charge in [0.25, 0.3) is 5.91 Å². The van der Waals surface area contributed by atoms with Crippen LogP contribution in [-0.4, -0.2) is 37.6 Å². The molecule has 1 aromatic carbocycles. The quantitative estimate of drug-likeness (QED) is 0.605. The van der Waals surface area contributed by atoms with Crippen molar-refractivity contribution in [3.05, 3.63) is 29.8 Å². The molecule has 0 aliphatic carbocycles. The van der Waals surface area contributed by atoms with Gasteiger partial charge in [0.2, 0.25) is 0 Å². The maximum Gasteiger partial charge on any atom is 0.255 e. The molecule has 0 aliphatic rings. The largest absolute Gasteiger partial charge is 0.398 e. The molecule has 1 amide bonds. The van der Waals surface area contributed by atoms with Crippen LogP contribution in [0.4, 0.5) is 5.69 Å². The van der Waals surface area contributed by atoms with Crippen molar-refractivity contribution in [3.63, 3.8) is 0 Å². The number of ether oxygens (including phenoxy) is 1. The van der Waals surface area contributed by atoms with Crippen molar-refractivity contribution in [2.24, 2.45) is 0 Å². The monoisotopic (exact) mass is 222 g/mol. The summed E-state index contributed by atoms with van der Waals surface area (Å²) >= 11 is 0. The zero-order valence-electron chi connectivity index (χ0n) is 9.77. The van der Waals surface area contributed by atoms with Crippen LogP contribution < -0.4 is 5.73 Å². The average molecular weight is 222 g/mol. The Labute approximate surface area is 96.0 Å². The van der Waals surface area contributed by atoms with Crippen LogP contribution in [0.3, 0.4) is 0 Å². The molecule has 0 spiro atoms. The second-order valence-corrected chi connectivity index (χ2v) is 3.51. The minimum absolute atomic E-state index is 0.0715. The molecule has 0 radical (unpaired) electrons. The molecular formula is C12H18N2O2. The number of carbonyl (C=O) groups excluding carboxylic acids is 1. The number of amides is 1. The molecule has 4 heteroatoms. The first-order valence-corrected chi connectivity index (χ1v) is 5.34. The first kappa shape index (κ1) is 12.5. The van der Waals surface area contributed by atoms with E-state index >= 15 is 0 Å². The SMILES string of the molecule is CCOCCN(C)C(=O)c1ccccc1N. The molecule has 0 saturated carbocycles. The number of nitrogens with zero attached hydrogens (tertiary/aromatic N) is 1. The van der Waals surface area contributed by atoms with E-state index < -0.39 is 0 Å². The number of anilines is 1. The van der Waals surface area contributed by atoms with Gasteiger partial charge >= 0.3 is 0 Å². The van der Waals surface area contributed by atoms with Gasteiger partial charge in [0.05, 0.1) is 12.2 Å². The second kappa shape index (κ2) is 6.12. The second-order valence-electron chi connectivity index (χ2n) is 3.51. The molecule has 0 atom stereocenters. The van der Waals surface area contributed by atoms with Crippen molar-refractivity contribution in [1.29, 1.82) is 0 Å². The number of para-hydroxylation sites is 1. The molecule has 0 heterocycles. The molecule has 0 aliphatic heterocycles. The molecule has 0 fully saturated rings. The topological polar surface area (TPSA) is 55.6 Å². The minimum Gasteiger partial charge on any atom is -0.398 e. The molecule has 16 heavy (non-hydrogen) atoms. The van der Waals surface area contributed by atoms with Crippen molar-refractivity contribution in [1.82, 2.24) is 4.90 Å². The van der Waals surface area contributed by atoms with Crippen LogP contribution in [-0.2, 0) is 4.74 Å². The lowest BCUT2D eigenvalue weighted by atomic mass is 10.1. The predicted molar refractivity (Wildman–Crippen MR) is 64.3 cm³/mol. The number of likely N-dealkylation sites (N-methyl/N-ethyl adjacent to an activating group) is 1. The zero-order valence-corrected chi connectivity index (χ0v) is 9.77. The molecule has 0 bridgehead atoms. The van der Waals surface area contributed by atoms with E-state index in [2.05, 4.69) is 0 Å². The summed E-state index contributed by atoms with van der Waals surface area (Å²) in [6, 6.07) is 7.07. The molecular weight excluding hydrogens is 204 g/mol. The van der Waals surface area contributed by atoms with E-state index in [1.807, 2.05) is 13.0 Å². The van der Waals surface area contributed by atoms with Crippen molar-refractivity contribution >= 4 is 11.6 Å². The highest BCUT2D eigenvalue weighted by Crippen LogP contribution is 2.12. The first-order chi connectivity index (χ1) is 7.66. The van der Waals surface area contributed by atoms with Gasteiger partial charge in [-0.3, -0.25) is 4.79 Å². The summed E-state index contributed by atoms with van der Waals surface area (Å²) in [5.74, 6) is -0.0715. The Morgan fingerprint density at radius 3 is 2.75 bits per heavy atom. The van der Waals surface area contributed by atoms with Gasteiger partial charge in [-0.2, -0.15) is 0 Å². The van der Waals surface area contributed by atoms with Crippen molar-refractivity contribution < 1.29 is 9.53 Å². The fourth-order valence-electron chi connectivity index (χ4n) is 1.34. The molecule has 4 nitrogen and oxygen atoms in total. The third-order valence-corrected chi connectivity index (χ3v) is 2.31. The summed E-state index contributed by atoms with van der Waals surface area (Å²) in [7, 11) is 1.74. The fourth-order valence-corrected chi connectivity index (χ4v) is 1.34. The summed E-state index contributed by atoms with van der Waals surface area (Å²) in [5.41, 5.74) is 6.79. The molecule has 0 unspecified atom stereocenters. The van der Waals surface area contributed by atoms with Gasteiger partial charge < -0.3 is 15.4 Å². The molecule has 88 valence electrons. The van der Waals surface area contributed by atoms with Gasteiger partial charge in [-0.25, -0.2) is 0 Å². The smallest absolute Gasteiger partial charge is 0.255 e. The van der Waals surface area contributed by atoms with Crippen molar-refractivity contribution in [2.45, 2.75) is 6.92 Å². The Kier molecular flexibility index (Phi) is 4.79. The molecule has 0 aromatic heterocycles. The van der Waals surface area contributed by atoms with Crippen LogP contribution in [0.5, 0.6) is 0 Å². The molecule has 0 saturated heterocycles. The number of benzene rings is 1. The van der Waals surface area contributed by atoms with Crippen LogP contribution in [0.2, 0.25) is 0 Å². The predicted octanol–water partition coefficient (Wildman–Crippen LogP) is 1.38. The lowest BCUT2D eigenvalue weighted by Crippen LogP contribution is -2.30. The molecule has 1 rings (SSSR count). The number of hydrogen-bond donors (Lipinski definition) is 1. The fraction of sp³-hybridized carbons (Fsp3) is 0.417. The van der Waals surface area contributed by atoms with E-state index in [1.54, 1.807) is 30.1 Å². The summed E-state index contributed by atoms with van der Waals surface area (Å²) in [4.78, 5) is 13.6. The van der Waals surface area contributed by atoms with Gasteiger partial charge in [-0.15, -0.1) is 0 Å². The summed E-state index contributed by atoms with van der Waals surface area (Å²) in [5, 5.41) is 0. The van der Waals surface area contributed by atoms with Gasteiger partial charge in [0.15, 0.2) is 0 Å². The standard InChI is InChI=1S/C12H18N2O2/c1-3-16-9-8-14(2)12(15)10-6-4-5-7-11(10)13/h4-7H,3,8-9,13H2,1-2H3. The van der Waals surface area contributed by atoms with Crippen LogP contribution in [0.15, 0.2) is 24.3 Å². The van der Waals surface area contributed by atoms with Gasteiger partial charge in [0, 0.05) is 25.9 Å². The van der Waals surface area contributed by atoms with E-state index in [0.717, 1.165) is 0 Å². The summed E-state index contributed by atoms with van der Waals surface area (Å²) in [6.45, 7) is 3.71. The number of nitrogen functional groups attached to an aromatic ring is 1. The Hall–Kier alpha value is -1.55. The lowest BCUT2D eigenvalue weighted by Gasteiger charge is -2.17. The third kappa shape index (κ3) is 3.24. The summed E-state index contributed by atoms with van der Waals surface area (Å²) in [6.07, 6.45) is 0. The Bertz CT molecular complexity index is 353. The average Bonchev–Trinajstić information content (AvgIpc) is 2.29. The van der Waals surface area contributed by atoms with Gasteiger partial charge in [-0.05, 0) is 19.1 Å². The zero-order chi connectivity index (χ0) is 12.0. The van der Waals surface area contributed by atoms with Crippen LogP contribution in [0, 0.1) is 0 Å².